The minimum Gasteiger partial charge on any atom is -0.426 e. The molecule has 0 fully saturated rings. The van der Waals surface area contributed by atoms with Crippen LogP contribution in [-0.2, 0) is 21.2 Å². The van der Waals surface area contributed by atoms with Crippen LogP contribution in [0.3, 0.4) is 0 Å². The fraction of sp³-hybridized carbons (Fsp3) is 0.259. The highest BCUT2D eigenvalue weighted by Crippen LogP contribution is 2.22. The van der Waals surface area contributed by atoms with Crippen molar-refractivity contribution < 1.29 is 23.3 Å². The minimum absolute atomic E-state index is 0.0390. The number of sulfonamides is 1. The number of pyridine rings is 1. The van der Waals surface area contributed by atoms with E-state index in [1.54, 1.807) is 24.3 Å². The van der Waals surface area contributed by atoms with Gasteiger partial charge in [-0.25, -0.2) is 8.42 Å². The summed E-state index contributed by atoms with van der Waals surface area (Å²) in [7, 11) is -5.96. The number of para-hydroxylation sites is 1. The molecule has 3 aromatic carbocycles. The first-order valence-corrected chi connectivity index (χ1v) is 13.6. The Kier molecular flexibility index (Phi) is 8.24. The van der Waals surface area contributed by atoms with Gasteiger partial charge in [-0.15, -0.1) is 0 Å². The van der Waals surface area contributed by atoms with Crippen LogP contribution in [0.15, 0.2) is 83.9 Å². The van der Waals surface area contributed by atoms with E-state index in [-0.39, 0.29) is 17.2 Å². The van der Waals surface area contributed by atoms with Crippen molar-refractivity contribution in [1.82, 2.24) is 15.0 Å². The SMILES string of the molecule is CC(C)C[C@H](NC(=O)[C@H](Cc1ccc2ccccc2c1)NS(=O)(=O)c1cccc2cccnc12)B(O)O. The van der Waals surface area contributed by atoms with Crippen LogP contribution in [0.25, 0.3) is 21.7 Å². The lowest BCUT2D eigenvalue weighted by molar-refractivity contribution is -0.123. The molecule has 4 aromatic rings. The Morgan fingerprint density at radius 3 is 2.38 bits per heavy atom. The van der Waals surface area contributed by atoms with Gasteiger partial charge in [0, 0.05) is 11.6 Å². The Morgan fingerprint density at radius 1 is 0.946 bits per heavy atom. The molecule has 0 unspecified atom stereocenters. The van der Waals surface area contributed by atoms with Crippen LogP contribution in [0.5, 0.6) is 0 Å². The monoisotopic (exact) mass is 519 g/mol. The molecule has 1 aromatic heterocycles. The van der Waals surface area contributed by atoms with Crippen LogP contribution in [0.1, 0.15) is 25.8 Å². The summed E-state index contributed by atoms with van der Waals surface area (Å²) in [6.07, 6.45) is 1.88. The molecule has 0 aliphatic carbocycles. The summed E-state index contributed by atoms with van der Waals surface area (Å²) in [6.45, 7) is 3.79. The van der Waals surface area contributed by atoms with E-state index in [1.165, 1.54) is 12.3 Å². The van der Waals surface area contributed by atoms with E-state index in [1.807, 2.05) is 56.3 Å². The Hall–Kier alpha value is -3.31. The summed E-state index contributed by atoms with van der Waals surface area (Å²) in [6, 6.07) is 20.5. The first-order chi connectivity index (χ1) is 17.6. The van der Waals surface area contributed by atoms with Crippen LogP contribution in [0.2, 0.25) is 0 Å². The molecule has 4 rings (SSSR count). The van der Waals surface area contributed by atoms with Gasteiger partial charge in [-0.05, 0) is 47.2 Å². The van der Waals surface area contributed by atoms with E-state index in [0.29, 0.717) is 17.3 Å². The second-order valence-electron chi connectivity index (χ2n) is 9.55. The number of nitrogens with zero attached hydrogens (tertiary/aromatic N) is 1. The molecule has 1 heterocycles. The number of fused-ring (bicyclic) bond motifs is 2. The third-order valence-electron chi connectivity index (χ3n) is 6.17. The topological polar surface area (TPSA) is 129 Å². The summed E-state index contributed by atoms with van der Waals surface area (Å²) in [4.78, 5) is 17.6. The van der Waals surface area contributed by atoms with Crippen molar-refractivity contribution in [2.75, 3.05) is 0 Å². The van der Waals surface area contributed by atoms with Crippen LogP contribution in [0.4, 0.5) is 0 Å². The summed E-state index contributed by atoms with van der Waals surface area (Å²) in [5.41, 5.74) is 1.05. The van der Waals surface area contributed by atoms with E-state index >= 15 is 0 Å². The molecule has 4 N–H and O–H groups in total. The summed E-state index contributed by atoms with van der Waals surface area (Å²) >= 11 is 0. The summed E-state index contributed by atoms with van der Waals surface area (Å²) < 4.78 is 29.6. The smallest absolute Gasteiger partial charge is 0.426 e. The molecule has 1 amide bonds. The molecule has 2 atom stereocenters. The number of carbonyl (C=O) groups is 1. The van der Waals surface area contributed by atoms with Gasteiger partial charge in [0.25, 0.3) is 0 Å². The summed E-state index contributed by atoms with van der Waals surface area (Å²) in [5.74, 6) is -1.52. The predicted molar refractivity (Wildman–Crippen MR) is 145 cm³/mol. The van der Waals surface area contributed by atoms with Crippen LogP contribution in [0, 0.1) is 5.92 Å². The van der Waals surface area contributed by atoms with E-state index in [2.05, 4.69) is 15.0 Å². The third-order valence-corrected chi connectivity index (χ3v) is 7.67. The second-order valence-corrected chi connectivity index (χ2v) is 11.2. The maximum absolute atomic E-state index is 13.5. The average Bonchev–Trinajstić information content (AvgIpc) is 2.87. The van der Waals surface area contributed by atoms with Gasteiger partial charge >= 0.3 is 7.12 Å². The second kappa shape index (κ2) is 11.4. The molecule has 8 nitrogen and oxygen atoms in total. The van der Waals surface area contributed by atoms with Crippen molar-refractivity contribution in [3.8, 4) is 0 Å². The molecule has 0 bridgehead atoms. The number of hydrogen-bond acceptors (Lipinski definition) is 6. The van der Waals surface area contributed by atoms with Gasteiger partial charge in [-0.1, -0.05) is 74.5 Å². The van der Waals surface area contributed by atoms with Crippen LogP contribution >= 0.6 is 0 Å². The van der Waals surface area contributed by atoms with E-state index in [9.17, 15) is 23.3 Å². The van der Waals surface area contributed by atoms with Crippen molar-refractivity contribution in [1.29, 1.82) is 0 Å². The lowest BCUT2D eigenvalue weighted by Gasteiger charge is -2.24. The molecule has 0 saturated heterocycles. The average molecular weight is 519 g/mol. The first kappa shape index (κ1) is 26.7. The number of benzene rings is 3. The van der Waals surface area contributed by atoms with E-state index in [0.717, 1.165) is 16.3 Å². The Labute approximate surface area is 216 Å². The van der Waals surface area contributed by atoms with Gasteiger partial charge in [0.05, 0.1) is 11.5 Å². The maximum Gasteiger partial charge on any atom is 0.475 e. The minimum atomic E-state index is -4.17. The quantitative estimate of drug-likeness (QED) is 0.239. The van der Waals surface area contributed by atoms with Gasteiger partial charge in [-0.3, -0.25) is 9.78 Å². The molecule has 0 aliphatic rings. The zero-order chi connectivity index (χ0) is 26.6. The molecule has 10 heteroatoms. The highest BCUT2D eigenvalue weighted by atomic mass is 32.2. The van der Waals surface area contributed by atoms with Gasteiger partial charge in [0.2, 0.25) is 15.9 Å². The number of nitrogens with one attached hydrogen (secondary N) is 2. The van der Waals surface area contributed by atoms with Gasteiger partial charge in [0.1, 0.15) is 10.9 Å². The zero-order valence-corrected chi connectivity index (χ0v) is 21.5. The number of rotatable bonds is 10. The molecule has 0 spiro atoms. The van der Waals surface area contributed by atoms with Crippen LogP contribution in [-0.4, -0.2) is 48.5 Å². The fourth-order valence-electron chi connectivity index (χ4n) is 4.38. The standard InChI is InChI=1S/C27H30BN3O5S/c1-18(2)15-25(28(33)34)30-27(32)23(17-19-12-13-20-7-3-4-8-22(20)16-19)31-37(35,36)24-11-5-9-21-10-6-14-29-26(21)24/h3-14,16,18,23,25,31,33-34H,15,17H2,1-2H3,(H,30,32)/t23-,25-/m0/s1. The van der Waals surface area contributed by atoms with E-state index < -0.39 is 35.0 Å². The number of hydrogen-bond donors (Lipinski definition) is 4. The molecular weight excluding hydrogens is 489 g/mol. The molecule has 0 radical (unpaired) electrons. The first-order valence-electron chi connectivity index (χ1n) is 12.1. The molecular formula is C27H30BN3O5S. The predicted octanol–water partition coefficient (Wildman–Crippen LogP) is 2.82. The third kappa shape index (κ3) is 6.53. The summed E-state index contributed by atoms with van der Waals surface area (Å²) in [5, 5.41) is 24.9. The van der Waals surface area contributed by atoms with Crippen LogP contribution < -0.4 is 10.0 Å². The lowest BCUT2D eigenvalue weighted by Crippen LogP contribution is -2.54. The van der Waals surface area contributed by atoms with Crippen molar-refractivity contribution in [2.45, 2.75) is 43.6 Å². The normalized spacial score (nSPS) is 13.5. The van der Waals surface area contributed by atoms with Crippen molar-refractivity contribution in [2.24, 2.45) is 5.92 Å². The van der Waals surface area contributed by atoms with Gasteiger partial charge < -0.3 is 15.4 Å². The van der Waals surface area contributed by atoms with E-state index in [4.69, 9.17) is 0 Å². The van der Waals surface area contributed by atoms with Crippen molar-refractivity contribution in [3.63, 3.8) is 0 Å². The number of carbonyl (C=O) groups excluding carboxylic acids is 1. The van der Waals surface area contributed by atoms with Gasteiger partial charge in [-0.2, -0.15) is 4.72 Å². The van der Waals surface area contributed by atoms with Crippen molar-refractivity contribution in [3.05, 3.63) is 84.6 Å². The molecule has 192 valence electrons. The fourth-order valence-corrected chi connectivity index (χ4v) is 5.75. The lowest BCUT2D eigenvalue weighted by atomic mass is 9.75. The molecule has 0 aliphatic heterocycles. The zero-order valence-electron chi connectivity index (χ0n) is 20.7. The molecule has 0 saturated carbocycles. The Balaban J connectivity index is 1.68. The highest BCUT2D eigenvalue weighted by molar-refractivity contribution is 7.89. The largest absolute Gasteiger partial charge is 0.475 e. The van der Waals surface area contributed by atoms with Gasteiger partial charge in [0.15, 0.2) is 0 Å². The Morgan fingerprint density at radius 2 is 1.65 bits per heavy atom. The number of amides is 1. The maximum atomic E-state index is 13.5. The van der Waals surface area contributed by atoms with Crippen molar-refractivity contribution >= 4 is 44.7 Å². The molecule has 37 heavy (non-hydrogen) atoms. The number of aromatic nitrogens is 1. The highest BCUT2D eigenvalue weighted by Gasteiger charge is 2.32. The Bertz CT molecular complexity index is 1510.